The normalized spacial score (nSPS) is 10.3. The number of nitro benzene ring substituents is 1. The lowest BCUT2D eigenvalue weighted by atomic mass is 10.1. The van der Waals surface area contributed by atoms with E-state index in [4.69, 9.17) is 16.7 Å². The quantitative estimate of drug-likeness (QED) is 0.476. The molecule has 110 valence electrons. The van der Waals surface area contributed by atoms with Gasteiger partial charge in [0.1, 0.15) is 5.56 Å². The molecule has 0 heterocycles. The van der Waals surface area contributed by atoms with Crippen molar-refractivity contribution in [2.75, 3.05) is 20.2 Å². The van der Waals surface area contributed by atoms with E-state index in [0.29, 0.717) is 13.0 Å². The Morgan fingerprint density at radius 1 is 1.40 bits per heavy atom. The van der Waals surface area contributed by atoms with Crippen molar-refractivity contribution in [2.24, 2.45) is 0 Å². The number of unbranched alkanes of at least 4 members (excludes halogenated alkanes) is 2. The molecule has 1 N–H and O–H groups in total. The molecule has 0 atom stereocenters. The molecule has 0 unspecified atom stereocenters. The Hall–Kier alpha value is -1.66. The summed E-state index contributed by atoms with van der Waals surface area (Å²) < 4.78 is 0. The fourth-order valence-electron chi connectivity index (χ4n) is 1.78. The maximum atomic E-state index is 12.2. The first kappa shape index (κ1) is 16.4. The molecule has 0 aliphatic heterocycles. The second-order valence-corrected chi connectivity index (χ2v) is 4.87. The van der Waals surface area contributed by atoms with Gasteiger partial charge in [0.25, 0.3) is 11.6 Å². The molecule has 1 aromatic carbocycles. The Morgan fingerprint density at radius 3 is 2.70 bits per heavy atom. The van der Waals surface area contributed by atoms with Crippen LogP contribution < -0.4 is 0 Å². The van der Waals surface area contributed by atoms with Crippen LogP contribution in [0.3, 0.4) is 0 Å². The number of hydrogen-bond acceptors (Lipinski definition) is 4. The van der Waals surface area contributed by atoms with Crippen LogP contribution in [0.4, 0.5) is 5.69 Å². The summed E-state index contributed by atoms with van der Waals surface area (Å²) in [5.74, 6) is -0.405. The zero-order chi connectivity index (χ0) is 15.1. The van der Waals surface area contributed by atoms with E-state index in [-0.39, 0.29) is 22.9 Å². The number of amides is 1. The van der Waals surface area contributed by atoms with E-state index in [1.165, 1.54) is 23.1 Å². The molecular weight excluding hydrogens is 284 g/mol. The van der Waals surface area contributed by atoms with Crippen LogP contribution in [0.15, 0.2) is 18.2 Å². The molecule has 1 amide bonds. The van der Waals surface area contributed by atoms with E-state index < -0.39 is 10.8 Å². The molecule has 0 bridgehead atoms. The summed E-state index contributed by atoms with van der Waals surface area (Å²) in [5, 5.41) is 19.8. The first-order valence-electron chi connectivity index (χ1n) is 6.27. The molecule has 0 saturated heterocycles. The summed E-state index contributed by atoms with van der Waals surface area (Å²) in [6.07, 6.45) is 2.23. The predicted molar refractivity (Wildman–Crippen MR) is 76.0 cm³/mol. The summed E-state index contributed by atoms with van der Waals surface area (Å²) in [5.41, 5.74) is -0.256. The smallest absolute Gasteiger partial charge is 0.283 e. The van der Waals surface area contributed by atoms with Crippen LogP contribution in [-0.2, 0) is 0 Å². The third-order valence-electron chi connectivity index (χ3n) is 2.89. The fourth-order valence-corrected chi connectivity index (χ4v) is 1.95. The number of rotatable bonds is 7. The number of carbonyl (C=O) groups is 1. The largest absolute Gasteiger partial charge is 0.396 e. The molecule has 0 spiro atoms. The summed E-state index contributed by atoms with van der Waals surface area (Å²) >= 11 is 5.71. The Balaban J connectivity index is 2.78. The first-order chi connectivity index (χ1) is 9.47. The molecule has 0 fully saturated rings. The summed E-state index contributed by atoms with van der Waals surface area (Å²) in [7, 11) is 1.60. The van der Waals surface area contributed by atoms with E-state index >= 15 is 0 Å². The van der Waals surface area contributed by atoms with Crippen molar-refractivity contribution in [1.82, 2.24) is 4.90 Å². The highest BCUT2D eigenvalue weighted by atomic mass is 35.5. The lowest BCUT2D eigenvalue weighted by Gasteiger charge is -2.17. The number of aliphatic hydroxyl groups is 1. The number of carbonyl (C=O) groups excluding carboxylic acids is 1. The Bertz CT molecular complexity index is 493. The molecule has 7 heteroatoms. The molecule has 0 radical (unpaired) electrons. The van der Waals surface area contributed by atoms with E-state index in [1.807, 2.05) is 0 Å². The number of nitrogens with zero attached hydrogens (tertiary/aromatic N) is 2. The Kier molecular flexibility index (Phi) is 6.41. The molecular formula is C13H17ClN2O4. The van der Waals surface area contributed by atoms with Crippen molar-refractivity contribution >= 4 is 23.2 Å². The molecule has 0 saturated carbocycles. The minimum atomic E-state index is -0.612. The van der Waals surface area contributed by atoms with Gasteiger partial charge in [0.15, 0.2) is 0 Å². The van der Waals surface area contributed by atoms with E-state index in [1.54, 1.807) is 7.05 Å². The van der Waals surface area contributed by atoms with E-state index in [2.05, 4.69) is 0 Å². The predicted octanol–water partition coefficient (Wildman–Crippen LogP) is 2.48. The second kappa shape index (κ2) is 7.81. The van der Waals surface area contributed by atoms with Gasteiger partial charge in [-0.25, -0.2) is 0 Å². The highest BCUT2D eigenvalue weighted by Gasteiger charge is 2.22. The number of halogens is 1. The van der Waals surface area contributed by atoms with Crippen LogP contribution >= 0.6 is 11.6 Å². The zero-order valence-corrected chi connectivity index (χ0v) is 12.0. The third kappa shape index (κ3) is 4.47. The Morgan fingerprint density at radius 2 is 2.10 bits per heavy atom. The lowest BCUT2D eigenvalue weighted by molar-refractivity contribution is -0.385. The number of aliphatic hydroxyl groups excluding tert-OH is 1. The SMILES string of the molecule is CN(CCCCCO)C(=O)c1ccc(Cl)cc1[N+](=O)[O-]. The van der Waals surface area contributed by atoms with Gasteiger partial charge in [-0.05, 0) is 31.4 Å². The van der Waals surface area contributed by atoms with E-state index in [9.17, 15) is 14.9 Å². The molecule has 0 aliphatic carbocycles. The van der Waals surface area contributed by atoms with Crippen molar-refractivity contribution in [3.63, 3.8) is 0 Å². The second-order valence-electron chi connectivity index (χ2n) is 4.43. The number of nitro groups is 1. The summed E-state index contributed by atoms with van der Waals surface area (Å²) in [6.45, 7) is 0.610. The van der Waals surface area contributed by atoms with Crippen molar-refractivity contribution in [2.45, 2.75) is 19.3 Å². The first-order valence-corrected chi connectivity index (χ1v) is 6.65. The van der Waals surface area contributed by atoms with Crippen LogP contribution in [-0.4, -0.2) is 41.0 Å². The molecule has 0 aliphatic rings. The average molecular weight is 301 g/mol. The Labute approximate surface area is 122 Å². The van der Waals surface area contributed by atoms with Gasteiger partial charge in [-0.1, -0.05) is 11.6 Å². The maximum Gasteiger partial charge on any atom is 0.283 e. The third-order valence-corrected chi connectivity index (χ3v) is 3.12. The van der Waals surface area contributed by atoms with Gasteiger partial charge in [-0.2, -0.15) is 0 Å². The van der Waals surface area contributed by atoms with Gasteiger partial charge in [-0.3, -0.25) is 14.9 Å². The number of hydrogen-bond donors (Lipinski definition) is 1. The van der Waals surface area contributed by atoms with Crippen LogP contribution in [0.25, 0.3) is 0 Å². The fraction of sp³-hybridized carbons (Fsp3) is 0.462. The summed E-state index contributed by atoms with van der Waals surface area (Å²) in [4.78, 5) is 23.9. The van der Waals surface area contributed by atoms with Crippen LogP contribution in [0, 0.1) is 10.1 Å². The highest BCUT2D eigenvalue weighted by molar-refractivity contribution is 6.31. The van der Waals surface area contributed by atoms with Crippen molar-refractivity contribution in [3.05, 3.63) is 38.9 Å². The van der Waals surface area contributed by atoms with Gasteiger partial charge in [0.2, 0.25) is 0 Å². The monoisotopic (exact) mass is 300 g/mol. The van der Waals surface area contributed by atoms with Gasteiger partial charge >= 0.3 is 0 Å². The van der Waals surface area contributed by atoms with Gasteiger partial charge in [0, 0.05) is 31.3 Å². The van der Waals surface area contributed by atoms with Crippen LogP contribution in [0.1, 0.15) is 29.6 Å². The van der Waals surface area contributed by atoms with Crippen molar-refractivity contribution in [3.8, 4) is 0 Å². The van der Waals surface area contributed by atoms with Gasteiger partial charge < -0.3 is 10.0 Å². The van der Waals surface area contributed by atoms with Crippen LogP contribution in [0.5, 0.6) is 0 Å². The van der Waals surface area contributed by atoms with Crippen LogP contribution in [0.2, 0.25) is 5.02 Å². The van der Waals surface area contributed by atoms with Crippen molar-refractivity contribution in [1.29, 1.82) is 0 Å². The summed E-state index contributed by atoms with van der Waals surface area (Å²) in [6, 6.07) is 4.00. The van der Waals surface area contributed by atoms with Gasteiger partial charge in [0.05, 0.1) is 4.92 Å². The molecule has 1 rings (SSSR count). The standard InChI is InChI=1S/C13H17ClN2O4/c1-15(7-3-2-4-8-17)13(18)11-6-5-10(14)9-12(11)16(19)20/h5-6,9,17H,2-4,7-8H2,1H3. The minimum Gasteiger partial charge on any atom is -0.396 e. The van der Waals surface area contributed by atoms with Gasteiger partial charge in [-0.15, -0.1) is 0 Å². The number of benzene rings is 1. The minimum absolute atomic E-state index is 0.0315. The van der Waals surface area contributed by atoms with Crippen molar-refractivity contribution < 1.29 is 14.8 Å². The topological polar surface area (TPSA) is 83.7 Å². The molecule has 6 nitrogen and oxygen atoms in total. The maximum absolute atomic E-state index is 12.2. The lowest BCUT2D eigenvalue weighted by Crippen LogP contribution is -2.28. The van der Waals surface area contributed by atoms with E-state index in [0.717, 1.165) is 12.8 Å². The molecule has 20 heavy (non-hydrogen) atoms. The molecule has 1 aromatic rings. The molecule has 0 aromatic heterocycles. The zero-order valence-electron chi connectivity index (χ0n) is 11.2. The highest BCUT2D eigenvalue weighted by Crippen LogP contribution is 2.24. The average Bonchev–Trinajstić information content (AvgIpc) is 2.42.